The summed E-state index contributed by atoms with van der Waals surface area (Å²) < 4.78 is 4.95. The smallest absolute Gasteiger partial charge is 0.194 e. The summed E-state index contributed by atoms with van der Waals surface area (Å²) in [4.78, 5) is 10.9. The van der Waals surface area contributed by atoms with Gasteiger partial charge in [-0.3, -0.25) is 4.79 Å². The molecule has 0 atom stereocenters. The molecule has 1 fully saturated rings. The molecule has 4 heteroatoms. The summed E-state index contributed by atoms with van der Waals surface area (Å²) in [6.45, 7) is 7.14. The molecule has 1 N–H and O–H groups in total. The molecule has 12 heavy (non-hydrogen) atoms. The van der Waals surface area contributed by atoms with E-state index in [2.05, 4.69) is 0 Å². The summed E-state index contributed by atoms with van der Waals surface area (Å²) in [5.41, 5.74) is -1.18. The Hall–Kier alpha value is -0.0377. The van der Waals surface area contributed by atoms with E-state index in [9.17, 15) is 9.90 Å². The van der Waals surface area contributed by atoms with Crippen LogP contribution in [0.5, 0.6) is 0 Å². The van der Waals surface area contributed by atoms with E-state index >= 15 is 0 Å². The fourth-order valence-corrected chi connectivity index (χ4v) is 0.948. The Morgan fingerprint density at radius 1 is 1.33 bits per heavy atom. The van der Waals surface area contributed by atoms with Crippen molar-refractivity contribution < 1.29 is 35.1 Å². The van der Waals surface area contributed by atoms with Crippen molar-refractivity contribution in [2.75, 3.05) is 0 Å². The van der Waals surface area contributed by atoms with Crippen LogP contribution in [-0.2, 0) is 30.0 Å². The maximum atomic E-state index is 10.9. The molecular weight excluding hydrogens is 330 g/mol. The molecule has 3 nitrogen and oxygen atoms in total. The van der Waals surface area contributed by atoms with E-state index in [1.54, 1.807) is 27.7 Å². The largest absolute Gasteiger partial charge is 0.533 e. The first kappa shape index (κ1) is 12.0. The number of hydrogen-bond donors (Lipinski definition) is 1. The van der Waals surface area contributed by atoms with E-state index in [0.29, 0.717) is 0 Å². The number of carbonyl (C=O) groups excluding carboxylic acids is 1. The van der Waals surface area contributed by atoms with Gasteiger partial charge in [0, 0.05) is 20.4 Å². The fourth-order valence-electron chi connectivity index (χ4n) is 0.948. The second-order valence-corrected chi connectivity index (χ2v) is 3.87. The molecule has 0 saturated carbocycles. The number of aliphatic hydroxyl groups excluding tert-OH is 1. The summed E-state index contributed by atoms with van der Waals surface area (Å²) >= 11 is 0. The summed E-state index contributed by atoms with van der Waals surface area (Å²) in [5.74, 6) is -0.597. The van der Waals surface area contributed by atoms with Crippen LogP contribution in [0.4, 0.5) is 0 Å². The van der Waals surface area contributed by atoms with Gasteiger partial charge in [-0.05, 0) is 13.8 Å². The third-order valence-corrected chi connectivity index (χ3v) is 2.64. The average molecular weight is 343 g/mol. The van der Waals surface area contributed by atoms with Gasteiger partial charge < -0.3 is 9.84 Å². The van der Waals surface area contributed by atoms with Crippen molar-refractivity contribution >= 4 is 5.97 Å². The van der Waals surface area contributed by atoms with Gasteiger partial charge in [0.2, 0.25) is 0 Å². The first-order chi connectivity index (χ1) is 4.79. The molecule has 1 rings (SSSR count). The van der Waals surface area contributed by atoms with Gasteiger partial charge in [0.1, 0.15) is 0 Å². The molecule has 71 valence electrons. The molecule has 0 spiro atoms. The number of esters is 1. The van der Waals surface area contributed by atoms with E-state index < -0.39 is 17.0 Å². The van der Waals surface area contributed by atoms with E-state index in [1.807, 2.05) is 0 Å². The average Bonchev–Trinajstić information content (AvgIpc) is 1.93. The number of carbonyl (C=O) groups is 1. The molecular formula is C8H13O3Re-. The van der Waals surface area contributed by atoms with Gasteiger partial charge in [0.05, 0.1) is 5.60 Å². The van der Waals surface area contributed by atoms with Crippen LogP contribution in [0.15, 0.2) is 0 Å². The third-order valence-electron chi connectivity index (χ3n) is 2.64. The summed E-state index contributed by atoms with van der Waals surface area (Å²) in [5, 5.41) is 9.30. The van der Waals surface area contributed by atoms with E-state index in [1.165, 1.54) is 0 Å². The summed E-state index contributed by atoms with van der Waals surface area (Å²) in [7, 11) is 0. The number of rotatable bonds is 0. The van der Waals surface area contributed by atoms with Gasteiger partial charge in [0.15, 0.2) is 5.97 Å². The normalized spacial score (nSPS) is 24.8. The second kappa shape index (κ2) is 3.03. The van der Waals surface area contributed by atoms with Crippen LogP contribution in [0.1, 0.15) is 27.7 Å². The van der Waals surface area contributed by atoms with Gasteiger partial charge in [0.25, 0.3) is 0 Å². The fraction of sp³-hybridized carbons (Fsp3) is 0.750. The molecule has 1 heterocycles. The van der Waals surface area contributed by atoms with E-state index in [4.69, 9.17) is 4.74 Å². The van der Waals surface area contributed by atoms with Crippen molar-refractivity contribution in [3.05, 3.63) is 6.10 Å². The number of cyclic esters (lactones) is 1. The predicted molar refractivity (Wildman–Crippen MR) is 39.1 cm³/mol. The molecule has 0 aromatic carbocycles. The minimum atomic E-state index is -0.603. The Labute approximate surface area is 86.1 Å². The Morgan fingerprint density at radius 2 is 1.75 bits per heavy atom. The maximum absolute atomic E-state index is 10.9. The monoisotopic (exact) mass is 344 g/mol. The molecule has 1 saturated heterocycles. The summed E-state index contributed by atoms with van der Waals surface area (Å²) in [6, 6.07) is 0. The minimum Gasteiger partial charge on any atom is -0.533 e. The maximum Gasteiger partial charge on any atom is 0.194 e. The van der Waals surface area contributed by atoms with E-state index in [0.717, 1.165) is 0 Å². The molecule has 0 amide bonds. The standard InChI is InChI=1S/C8H13O3.Re/c1-7(2)5(9)6(10)11-8(7,3)4;/h9H,1-4H3;/q-1;. The van der Waals surface area contributed by atoms with Crippen molar-refractivity contribution in [1.82, 2.24) is 0 Å². The van der Waals surface area contributed by atoms with Crippen molar-refractivity contribution in [2.24, 2.45) is 5.41 Å². The van der Waals surface area contributed by atoms with Crippen LogP contribution in [0.25, 0.3) is 0 Å². The van der Waals surface area contributed by atoms with Gasteiger partial charge in [-0.15, -0.1) is 6.10 Å². The zero-order chi connectivity index (χ0) is 8.86. The van der Waals surface area contributed by atoms with Crippen LogP contribution in [0.2, 0.25) is 0 Å². The zero-order valence-electron chi connectivity index (χ0n) is 7.64. The zero-order valence-corrected chi connectivity index (χ0v) is 10.4. The molecule has 1 aliphatic rings. The molecule has 1 aliphatic heterocycles. The van der Waals surface area contributed by atoms with Crippen LogP contribution in [-0.4, -0.2) is 16.7 Å². The molecule has 0 aliphatic carbocycles. The van der Waals surface area contributed by atoms with Crippen molar-refractivity contribution in [3.63, 3.8) is 0 Å². The van der Waals surface area contributed by atoms with Gasteiger partial charge in [-0.25, -0.2) is 0 Å². The SMILES string of the molecule is CC1(C)OC(=O)[C-](O)C1(C)C.[Re]. The number of aliphatic hydroxyl groups is 1. The summed E-state index contributed by atoms with van der Waals surface area (Å²) in [6.07, 6.45) is -0.178. The molecule has 0 aromatic rings. The number of ether oxygens (including phenoxy) is 1. The van der Waals surface area contributed by atoms with E-state index in [-0.39, 0.29) is 26.5 Å². The molecule has 0 unspecified atom stereocenters. The van der Waals surface area contributed by atoms with Gasteiger partial charge in [-0.2, -0.15) is 0 Å². The van der Waals surface area contributed by atoms with Crippen LogP contribution >= 0.6 is 0 Å². The van der Waals surface area contributed by atoms with Crippen molar-refractivity contribution in [3.8, 4) is 0 Å². The van der Waals surface area contributed by atoms with Gasteiger partial charge >= 0.3 is 0 Å². The third kappa shape index (κ3) is 1.39. The molecule has 1 radical (unpaired) electrons. The van der Waals surface area contributed by atoms with Gasteiger partial charge in [-0.1, -0.05) is 19.3 Å². The Morgan fingerprint density at radius 3 is 1.83 bits per heavy atom. The quantitative estimate of drug-likeness (QED) is 0.532. The van der Waals surface area contributed by atoms with Crippen LogP contribution in [0, 0.1) is 11.5 Å². The first-order valence-corrected chi connectivity index (χ1v) is 3.59. The number of hydrogen-bond acceptors (Lipinski definition) is 3. The Balaban J connectivity index is 0.00000121. The van der Waals surface area contributed by atoms with Crippen molar-refractivity contribution in [2.45, 2.75) is 33.3 Å². The molecule has 0 bridgehead atoms. The van der Waals surface area contributed by atoms with Crippen LogP contribution in [0.3, 0.4) is 0 Å². The Bertz CT molecular complexity index is 198. The second-order valence-electron chi connectivity index (χ2n) is 3.87. The topological polar surface area (TPSA) is 46.5 Å². The van der Waals surface area contributed by atoms with Crippen LogP contribution < -0.4 is 0 Å². The predicted octanol–water partition coefficient (Wildman–Crippen LogP) is 1.25. The first-order valence-electron chi connectivity index (χ1n) is 3.59. The minimum absolute atomic E-state index is 0. The van der Waals surface area contributed by atoms with Crippen molar-refractivity contribution in [1.29, 1.82) is 0 Å². The Kier molecular flexibility index (Phi) is 3.02. The molecule has 0 aromatic heterocycles.